The van der Waals surface area contributed by atoms with E-state index in [1.54, 1.807) is 6.20 Å². The molecule has 2 fully saturated rings. The maximum absolute atomic E-state index is 13.1. The smallest absolute Gasteiger partial charge is 0.316 e. The number of nitrogens with zero attached hydrogens (tertiary/aromatic N) is 2. The van der Waals surface area contributed by atoms with Crippen molar-refractivity contribution in [2.45, 2.75) is 24.9 Å². The van der Waals surface area contributed by atoms with Gasteiger partial charge in [0.25, 0.3) is 0 Å². The normalized spacial score (nSPS) is 29.2. The molecule has 3 heterocycles. The molecule has 1 N–H and O–H groups in total. The van der Waals surface area contributed by atoms with Gasteiger partial charge in [0.15, 0.2) is 0 Å². The number of rotatable bonds is 1. The molecule has 0 amide bonds. The second kappa shape index (κ2) is 4.47. The molecule has 0 bridgehead atoms. The molecule has 2 aromatic rings. The minimum absolute atomic E-state index is 0.212. The van der Waals surface area contributed by atoms with E-state index in [2.05, 4.69) is 10.3 Å². The highest BCUT2D eigenvalue weighted by Gasteiger charge is 2.39. The Balaban J connectivity index is 1.78. The Morgan fingerprint density at radius 1 is 1.19 bits per heavy atom. The van der Waals surface area contributed by atoms with Gasteiger partial charge >= 0.3 is 6.18 Å². The van der Waals surface area contributed by atoms with Crippen molar-refractivity contribution in [1.29, 1.82) is 0 Å². The number of halogens is 3. The number of hydrogen-bond donors (Lipinski definition) is 1. The zero-order valence-corrected chi connectivity index (χ0v) is 11.4. The van der Waals surface area contributed by atoms with Crippen molar-refractivity contribution < 1.29 is 13.2 Å². The molecule has 1 aliphatic carbocycles. The lowest BCUT2D eigenvalue weighted by molar-refractivity contribution is -0.137. The number of hydrogen-bond acceptors (Lipinski definition) is 2. The molecular weight excluding hydrogens is 279 g/mol. The molecule has 0 aromatic carbocycles. The third-order valence-electron chi connectivity index (χ3n) is 4.97. The highest BCUT2D eigenvalue weighted by atomic mass is 19.4. The standard InChI is InChI=1S/C15H16F3N3/c16-15(17,18)12-3-13(14-6-20-8-21(14)7-12)9-1-10-4-19-5-11(10)2-9/h3,6-11,19H,1-2,4-5H2/t9-,10+,11-. The molecule has 4 rings (SSSR count). The van der Waals surface area contributed by atoms with Gasteiger partial charge in [-0.1, -0.05) is 0 Å². The molecule has 112 valence electrons. The van der Waals surface area contributed by atoms with E-state index in [1.165, 1.54) is 16.8 Å². The first kappa shape index (κ1) is 13.1. The quantitative estimate of drug-likeness (QED) is 0.876. The maximum Gasteiger partial charge on any atom is 0.417 e. The number of imidazole rings is 1. The summed E-state index contributed by atoms with van der Waals surface area (Å²) in [7, 11) is 0. The predicted molar refractivity (Wildman–Crippen MR) is 72.0 cm³/mol. The SMILES string of the molecule is FC(F)(F)c1cc([C@@H]2C[C@H]3CNC[C@H]3C2)c2cncn2c1. The number of nitrogens with one attached hydrogen (secondary N) is 1. The average molecular weight is 295 g/mol. The van der Waals surface area contributed by atoms with Crippen molar-refractivity contribution in [2.24, 2.45) is 11.8 Å². The minimum Gasteiger partial charge on any atom is -0.316 e. The van der Waals surface area contributed by atoms with Crippen molar-refractivity contribution in [3.8, 4) is 0 Å². The molecule has 21 heavy (non-hydrogen) atoms. The van der Waals surface area contributed by atoms with Crippen LogP contribution in [0.4, 0.5) is 13.2 Å². The largest absolute Gasteiger partial charge is 0.417 e. The van der Waals surface area contributed by atoms with Gasteiger partial charge in [-0.3, -0.25) is 0 Å². The summed E-state index contributed by atoms with van der Waals surface area (Å²) in [6, 6.07) is 1.33. The molecule has 0 unspecified atom stereocenters. The first-order chi connectivity index (χ1) is 10.0. The second-order valence-corrected chi connectivity index (χ2v) is 6.21. The summed E-state index contributed by atoms with van der Waals surface area (Å²) in [5, 5.41) is 3.37. The molecule has 3 nitrogen and oxygen atoms in total. The van der Waals surface area contributed by atoms with Crippen LogP contribution in [-0.4, -0.2) is 22.5 Å². The number of aromatic nitrogens is 2. The van der Waals surface area contributed by atoms with Crippen molar-refractivity contribution in [3.05, 3.63) is 35.9 Å². The lowest BCUT2D eigenvalue weighted by atomic mass is 9.94. The van der Waals surface area contributed by atoms with Crippen molar-refractivity contribution in [2.75, 3.05) is 13.1 Å². The van der Waals surface area contributed by atoms with Crippen LogP contribution in [0.3, 0.4) is 0 Å². The molecule has 0 radical (unpaired) electrons. The van der Waals surface area contributed by atoms with E-state index >= 15 is 0 Å². The fourth-order valence-electron chi connectivity index (χ4n) is 3.96. The lowest BCUT2D eigenvalue weighted by Gasteiger charge is -2.16. The molecule has 1 aliphatic heterocycles. The molecule has 6 heteroatoms. The lowest BCUT2D eigenvalue weighted by Crippen LogP contribution is -2.13. The topological polar surface area (TPSA) is 29.3 Å². The van der Waals surface area contributed by atoms with E-state index in [1.807, 2.05) is 0 Å². The summed E-state index contributed by atoms with van der Waals surface area (Å²) >= 11 is 0. The first-order valence-electron chi connectivity index (χ1n) is 7.26. The van der Waals surface area contributed by atoms with Gasteiger partial charge in [0.05, 0.1) is 23.6 Å². The average Bonchev–Trinajstić information content (AvgIpc) is 3.11. The second-order valence-electron chi connectivity index (χ2n) is 6.21. The number of alkyl halides is 3. The Labute approximate surface area is 120 Å². The van der Waals surface area contributed by atoms with E-state index in [0.717, 1.165) is 43.2 Å². The molecule has 2 aliphatic rings. The zero-order valence-electron chi connectivity index (χ0n) is 11.4. The van der Waals surface area contributed by atoms with Crippen LogP contribution in [0, 0.1) is 11.8 Å². The third-order valence-corrected chi connectivity index (χ3v) is 4.97. The molecule has 1 saturated heterocycles. The van der Waals surface area contributed by atoms with Crippen molar-refractivity contribution in [3.63, 3.8) is 0 Å². The van der Waals surface area contributed by atoms with Crippen LogP contribution in [-0.2, 0) is 6.18 Å². The molecule has 0 spiro atoms. The van der Waals surface area contributed by atoms with E-state index in [4.69, 9.17) is 0 Å². The summed E-state index contributed by atoms with van der Waals surface area (Å²) in [5.74, 6) is 1.42. The molecular formula is C15H16F3N3. The van der Waals surface area contributed by atoms with Crippen LogP contribution in [0.2, 0.25) is 0 Å². The summed E-state index contributed by atoms with van der Waals surface area (Å²) in [6.45, 7) is 1.99. The predicted octanol–water partition coefficient (Wildman–Crippen LogP) is 3.07. The highest BCUT2D eigenvalue weighted by Crippen LogP contribution is 2.46. The van der Waals surface area contributed by atoms with Crippen molar-refractivity contribution in [1.82, 2.24) is 14.7 Å². The Hall–Kier alpha value is -1.56. The molecule has 2 aromatic heterocycles. The monoisotopic (exact) mass is 295 g/mol. The van der Waals surface area contributed by atoms with Crippen LogP contribution < -0.4 is 5.32 Å². The maximum atomic E-state index is 13.1. The van der Waals surface area contributed by atoms with Gasteiger partial charge in [0, 0.05) is 6.20 Å². The first-order valence-corrected chi connectivity index (χ1v) is 7.26. The Morgan fingerprint density at radius 3 is 2.57 bits per heavy atom. The van der Waals surface area contributed by atoms with Crippen molar-refractivity contribution >= 4 is 5.52 Å². The van der Waals surface area contributed by atoms with Crippen LogP contribution in [0.1, 0.15) is 29.9 Å². The molecule has 1 saturated carbocycles. The van der Waals surface area contributed by atoms with Gasteiger partial charge in [0.2, 0.25) is 0 Å². The van der Waals surface area contributed by atoms with Gasteiger partial charge in [-0.15, -0.1) is 0 Å². The van der Waals surface area contributed by atoms with Gasteiger partial charge in [-0.25, -0.2) is 4.98 Å². The van der Waals surface area contributed by atoms with Crippen LogP contribution in [0.5, 0.6) is 0 Å². The summed E-state index contributed by atoms with van der Waals surface area (Å²) in [4.78, 5) is 4.01. The van der Waals surface area contributed by atoms with Crippen LogP contribution in [0.25, 0.3) is 5.52 Å². The van der Waals surface area contributed by atoms with Crippen LogP contribution >= 0.6 is 0 Å². The van der Waals surface area contributed by atoms with Gasteiger partial charge < -0.3 is 9.72 Å². The third kappa shape index (κ3) is 2.12. The summed E-state index contributed by atoms with van der Waals surface area (Å²) in [6.07, 6.45) is 1.87. The molecule has 3 atom stereocenters. The zero-order chi connectivity index (χ0) is 14.6. The van der Waals surface area contributed by atoms with Gasteiger partial charge in [0.1, 0.15) is 0 Å². The van der Waals surface area contributed by atoms with Gasteiger partial charge in [-0.2, -0.15) is 13.2 Å². The Kier molecular flexibility index (Phi) is 2.79. The van der Waals surface area contributed by atoms with E-state index in [-0.39, 0.29) is 5.92 Å². The minimum atomic E-state index is -4.32. The highest BCUT2D eigenvalue weighted by molar-refractivity contribution is 5.56. The van der Waals surface area contributed by atoms with E-state index in [9.17, 15) is 13.2 Å². The van der Waals surface area contributed by atoms with Gasteiger partial charge in [-0.05, 0) is 55.3 Å². The van der Waals surface area contributed by atoms with E-state index in [0.29, 0.717) is 11.8 Å². The Morgan fingerprint density at radius 2 is 1.90 bits per heavy atom. The number of pyridine rings is 1. The fraction of sp³-hybridized carbons (Fsp3) is 0.533. The Bertz CT molecular complexity index is 664. The fourth-order valence-corrected chi connectivity index (χ4v) is 3.96. The van der Waals surface area contributed by atoms with E-state index < -0.39 is 11.7 Å². The summed E-state index contributed by atoms with van der Waals surface area (Å²) in [5.41, 5.74) is 1.02. The van der Waals surface area contributed by atoms with Crippen LogP contribution in [0.15, 0.2) is 24.8 Å². The number of fused-ring (bicyclic) bond motifs is 2. The summed E-state index contributed by atoms with van der Waals surface area (Å²) < 4.78 is 40.7.